The fourth-order valence-corrected chi connectivity index (χ4v) is 1.95. The van der Waals surface area contributed by atoms with Gasteiger partial charge in [-0.2, -0.15) is 4.42 Å². The summed E-state index contributed by atoms with van der Waals surface area (Å²) in [6.45, 7) is 0. The molecule has 2 aromatic carbocycles. The number of nitrogens with zero attached hydrogens (tertiary/aromatic N) is 1. The molecule has 10 heteroatoms. The number of hydrogen-bond donors (Lipinski definition) is 1. The van der Waals surface area contributed by atoms with Crippen LogP contribution in [-0.4, -0.2) is 16.4 Å². The van der Waals surface area contributed by atoms with E-state index in [0.29, 0.717) is 12.1 Å². The highest BCUT2D eigenvalue weighted by Crippen LogP contribution is 2.24. The Balaban J connectivity index is 2.25. The summed E-state index contributed by atoms with van der Waals surface area (Å²) in [7, 11) is 0. The molecule has 126 valence electrons. The first-order valence-corrected chi connectivity index (χ1v) is 6.83. The van der Waals surface area contributed by atoms with Crippen LogP contribution in [0, 0.1) is 23.3 Å². The fraction of sp³-hybridized carbons (Fsp3) is 0. The number of carbonyl (C=O) groups is 2. The number of imide groups is 1. The summed E-state index contributed by atoms with van der Waals surface area (Å²) in [5, 5.41) is 1.30. The molecule has 3 amide bonds. The SMILES string of the molecule is O=C(Nc1ccc(F)cc1F)N(Cl)C(=O)c1c(F)ccc(Cl)c1F. The topological polar surface area (TPSA) is 49.4 Å². The third-order valence-corrected chi connectivity index (χ3v) is 3.39. The molecule has 24 heavy (non-hydrogen) atoms. The number of halogens is 6. The largest absolute Gasteiger partial charge is 0.343 e. The lowest BCUT2D eigenvalue weighted by Gasteiger charge is -2.15. The summed E-state index contributed by atoms with van der Waals surface area (Å²) < 4.78 is 53.4. The highest BCUT2D eigenvalue weighted by atomic mass is 35.5. The van der Waals surface area contributed by atoms with E-state index in [-0.39, 0.29) is 4.42 Å². The first-order valence-electron chi connectivity index (χ1n) is 6.12. The van der Waals surface area contributed by atoms with E-state index in [4.69, 9.17) is 23.4 Å². The molecule has 4 nitrogen and oxygen atoms in total. The molecule has 0 heterocycles. The highest BCUT2D eigenvalue weighted by molar-refractivity contribution is 6.34. The van der Waals surface area contributed by atoms with Crippen molar-refractivity contribution in [2.45, 2.75) is 0 Å². The highest BCUT2D eigenvalue weighted by Gasteiger charge is 2.28. The second-order valence-corrected chi connectivity index (χ2v) is 5.10. The summed E-state index contributed by atoms with van der Waals surface area (Å²) >= 11 is 10.9. The van der Waals surface area contributed by atoms with Crippen LogP contribution in [0.3, 0.4) is 0 Å². The van der Waals surface area contributed by atoms with E-state index >= 15 is 0 Å². The van der Waals surface area contributed by atoms with Crippen molar-refractivity contribution in [3.05, 3.63) is 64.2 Å². The molecule has 0 atom stereocenters. The Morgan fingerprint density at radius 1 is 1.00 bits per heavy atom. The van der Waals surface area contributed by atoms with E-state index in [1.807, 2.05) is 5.32 Å². The summed E-state index contributed by atoms with van der Waals surface area (Å²) in [5.41, 5.74) is -1.65. The quantitative estimate of drug-likeness (QED) is 0.465. The van der Waals surface area contributed by atoms with Gasteiger partial charge in [0, 0.05) is 17.8 Å². The third-order valence-electron chi connectivity index (χ3n) is 2.79. The number of amides is 3. The van der Waals surface area contributed by atoms with E-state index in [0.717, 1.165) is 18.2 Å². The molecule has 0 spiro atoms. The van der Waals surface area contributed by atoms with E-state index in [1.165, 1.54) is 0 Å². The molecule has 1 N–H and O–H groups in total. The van der Waals surface area contributed by atoms with Crippen molar-refractivity contribution >= 4 is 41.0 Å². The lowest BCUT2D eigenvalue weighted by Crippen LogP contribution is -2.33. The Morgan fingerprint density at radius 2 is 1.67 bits per heavy atom. The van der Waals surface area contributed by atoms with E-state index in [9.17, 15) is 27.2 Å². The Kier molecular flexibility index (Phi) is 5.30. The van der Waals surface area contributed by atoms with Gasteiger partial charge in [-0.3, -0.25) is 4.79 Å². The smallest absolute Gasteiger partial charge is 0.304 e. The standard InChI is InChI=1S/C14H6Cl2F4N2O2/c15-7-2-3-8(18)11(12(7)20)13(23)22(16)14(24)21-10-4-1-6(17)5-9(10)19/h1-5H,(H,21,24). The van der Waals surface area contributed by atoms with Crippen LogP contribution in [0.2, 0.25) is 5.02 Å². The molecule has 0 aliphatic rings. The normalized spacial score (nSPS) is 10.4. The van der Waals surface area contributed by atoms with Crippen molar-refractivity contribution in [2.24, 2.45) is 0 Å². The Bertz CT molecular complexity index is 833. The zero-order chi connectivity index (χ0) is 18.0. The van der Waals surface area contributed by atoms with Gasteiger partial charge in [0.2, 0.25) is 0 Å². The summed E-state index contributed by atoms with van der Waals surface area (Å²) in [5.74, 6) is -6.30. The number of rotatable bonds is 2. The molecular weight excluding hydrogens is 375 g/mol. The van der Waals surface area contributed by atoms with Gasteiger partial charge in [0.05, 0.1) is 10.7 Å². The van der Waals surface area contributed by atoms with Gasteiger partial charge >= 0.3 is 6.03 Å². The van der Waals surface area contributed by atoms with E-state index in [2.05, 4.69) is 0 Å². The number of hydrogen-bond acceptors (Lipinski definition) is 2. The molecular formula is C14H6Cl2F4N2O2. The van der Waals surface area contributed by atoms with Crippen LogP contribution in [0.1, 0.15) is 10.4 Å². The van der Waals surface area contributed by atoms with Gasteiger partial charge in [0.1, 0.15) is 23.0 Å². The van der Waals surface area contributed by atoms with Crippen molar-refractivity contribution in [1.29, 1.82) is 0 Å². The fourth-order valence-electron chi connectivity index (χ4n) is 1.67. The van der Waals surface area contributed by atoms with Crippen molar-refractivity contribution in [2.75, 3.05) is 5.32 Å². The van der Waals surface area contributed by atoms with E-state index < -0.39 is 51.5 Å². The Labute approximate surface area is 142 Å². The maximum atomic E-state index is 13.8. The molecule has 0 unspecified atom stereocenters. The van der Waals surface area contributed by atoms with Crippen LogP contribution in [0.15, 0.2) is 30.3 Å². The molecule has 2 rings (SSSR count). The first-order chi connectivity index (χ1) is 11.2. The Hall–Kier alpha value is -2.32. The second-order valence-electron chi connectivity index (χ2n) is 4.36. The van der Waals surface area contributed by atoms with Crippen molar-refractivity contribution in [3.8, 4) is 0 Å². The minimum absolute atomic E-state index is 0.194. The van der Waals surface area contributed by atoms with Crippen LogP contribution in [0.4, 0.5) is 28.0 Å². The Morgan fingerprint density at radius 3 is 2.29 bits per heavy atom. The molecule has 0 radical (unpaired) electrons. The average Bonchev–Trinajstić information content (AvgIpc) is 2.53. The molecule has 0 saturated carbocycles. The molecule has 0 fully saturated rings. The second kappa shape index (κ2) is 7.06. The van der Waals surface area contributed by atoms with Crippen molar-refractivity contribution in [1.82, 2.24) is 4.42 Å². The number of anilines is 1. The molecule has 0 aliphatic heterocycles. The van der Waals surface area contributed by atoms with Crippen LogP contribution >= 0.6 is 23.4 Å². The van der Waals surface area contributed by atoms with Crippen molar-refractivity contribution in [3.63, 3.8) is 0 Å². The summed E-state index contributed by atoms with van der Waals surface area (Å²) in [4.78, 5) is 23.7. The molecule has 2 aromatic rings. The van der Waals surface area contributed by atoms with Gasteiger partial charge in [-0.1, -0.05) is 11.6 Å². The number of nitrogens with one attached hydrogen (secondary N) is 1. The third kappa shape index (κ3) is 3.60. The summed E-state index contributed by atoms with van der Waals surface area (Å²) in [6.07, 6.45) is 0. The predicted molar refractivity (Wildman–Crippen MR) is 78.8 cm³/mol. The molecule has 0 bridgehead atoms. The first kappa shape index (κ1) is 18.0. The average molecular weight is 381 g/mol. The van der Waals surface area contributed by atoms with E-state index in [1.54, 1.807) is 0 Å². The zero-order valence-electron chi connectivity index (χ0n) is 11.4. The van der Waals surface area contributed by atoms with Crippen molar-refractivity contribution < 1.29 is 27.2 Å². The van der Waals surface area contributed by atoms with Crippen LogP contribution < -0.4 is 5.32 Å². The van der Waals surface area contributed by atoms with Gasteiger partial charge in [0.15, 0.2) is 5.82 Å². The van der Waals surface area contributed by atoms with Gasteiger partial charge in [0.25, 0.3) is 5.91 Å². The number of urea groups is 1. The molecule has 0 aromatic heterocycles. The minimum Gasteiger partial charge on any atom is -0.304 e. The lowest BCUT2D eigenvalue weighted by atomic mass is 10.2. The number of carbonyl (C=O) groups excluding carboxylic acids is 2. The van der Waals surface area contributed by atoms with Crippen LogP contribution in [0.5, 0.6) is 0 Å². The molecule has 0 saturated heterocycles. The number of benzene rings is 2. The molecule has 0 aliphatic carbocycles. The summed E-state index contributed by atoms with van der Waals surface area (Å²) in [6, 6.07) is 2.36. The minimum atomic E-state index is -1.56. The van der Waals surface area contributed by atoms with Gasteiger partial charge < -0.3 is 5.32 Å². The van der Waals surface area contributed by atoms with Gasteiger partial charge in [-0.05, 0) is 24.3 Å². The lowest BCUT2D eigenvalue weighted by molar-refractivity contribution is 0.0884. The van der Waals surface area contributed by atoms with Crippen LogP contribution in [0.25, 0.3) is 0 Å². The van der Waals surface area contributed by atoms with Crippen LogP contribution in [-0.2, 0) is 0 Å². The maximum Gasteiger partial charge on any atom is 0.343 e. The monoisotopic (exact) mass is 380 g/mol. The van der Waals surface area contributed by atoms with Gasteiger partial charge in [-0.15, -0.1) is 0 Å². The maximum absolute atomic E-state index is 13.8. The predicted octanol–water partition coefficient (Wildman–Crippen LogP) is 4.72. The zero-order valence-corrected chi connectivity index (χ0v) is 12.9. The van der Waals surface area contributed by atoms with Gasteiger partial charge in [-0.25, -0.2) is 22.4 Å².